The second kappa shape index (κ2) is 11.0. The molecule has 0 bridgehead atoms. The topological polar surface area (TPSA) is 93.1 Å². The molecule has 2 unspecified atom stereocenters. The van der Waals surface area contributed by atoms with Crippen LogP contribution in [0.3, 0.4) is 0 Å². The highest BCUT2D eigenvalue weighted by molar-refractivity contribution is 7.55. The van der Waals surface area contributed by atoms with Crippen molar-refractivity contribution in [3.63, 3.8) is 0 Å². The predicted molar refractivity (Wildman–Crippen MR) is 125 cm³/mol. The molecule has 0 saturated carbocycles. The van der Waals surface area contributed by atoms with E-state index in [1.54, 1.807) is 0 Å². The van der Waals surface area contributed by atoms with Crippen molar-refractivity contribution in [2.24, 2.45) is 11.3 Å². The van der Waals surface area contributed by atoms with E-state index in [1.807, 2.05) is 81.4 Å². The molecular formula is C23H31O6PSi. The second-order valence-corrected chi connectivity index (χ2v) is 12.4. The monoisotopic (exact) mass is 462 g/mol. The summed E-state index contributed by atoms with van der Waals surface area (Å²) in [5, 5.41) is 2.18. The molecule has 0 saturated heterocycles. The van der Waals surface area contributed by atoms with Crippen LogP contribution in [0.2, 0.25) is 0 Å². The van der Waals surface area contributed by atoms with Gasteiger partial charge in [-0.15, -0.1) is 0 Å². The Kier molecular flexibility index (Phi) is 8.97. The Balaban J connectivity index is 2.48. The third-order valence-corrected chi connectivity index (χ3v) is 7.84. The van der Waals surface area contributed by atoms with Crippen molar-refractivity contribution in [1.82, 2.24) is 0 Å². The van der Waals surface area contributed by atoms with Gasteiger partial charge in [-0.1, -0.05) is 87.5 Å². The van der Waals surface area contributed by atoms with Gasteiger partial charge in [0.15, 0.2) is 0 Å². The molecule has 6 nitrogen and oxygen atoms in total. The number of benzene rings is 2. The average molecular weight is 463 g/mol. The minimum Gasteiger partial charge on any atom is -0.465 e. The minimum atomic E-state index is -4.37. The number of carbonyl (C=O) groups is 1. The van der Waals surface area contributed by atoms with Gasteiger partial charge < -0.3 is 18.9 Å². The zero-order valence-corrected chi connectivity index (χ0v) is 20.4. The average Bonchev–Trinajstić information content (AvgIpc) is 2.69. The van der Waals surface area contributed by atoms with Crippen LogP contribution in [0.15, 0.2) is 72.6 Å². The molecule has 0 aliphatic heterocycles. The van der Waals surface area contributed by atoms with E-state index < -0.39 is 40.0 Å². The summed E-state index contributed by atoms with van der Waals surface area (Å²) in [6.45, 7) is 7.29. The largest absolute Gasteiger partial charge is 0.465 e. The Morgan fingerprint density at radius 3 is 1.90 bits per heavy atom. The number of esters is 1. The van der Waals surface area contributed by atoms with Crippen molar-refractivity contribution in [3.8, 4) is 0 Å². The Hall–Kier alpha value is -2.02. The van der Waals surface area contributed by atoms with Gasteiger partial charge in [-0.25, -0.2) is 0 Å². The van der Waals surface area contributed by atoms with E-state index >= 15 is 0 Å². The number of hydrogen-bond acceptors (Lipinski definition) is 4. The first-order valence-electron chi connectivity index (χ1n) is 10.1. The molecular weight excluding hydrogens is 431 g/mol. The number of ether oxygens (including phenoxy) is 1. The van der Waals surface area contributed by atoms with Crippen molar-refractivity contribution in [1.29, 1.82) is 0 Å². The molecule has 0 amide bonds. The van der Waals surface area contributed by atoms with Crippen LogP contribution >= 0.6 is 7.60 Å². The van der Waals surface area contributed by atoms with E-state index in [2.05, 4.69) is 0 Å². The standard InChI is InChI=1S/C23H31O6PSi/c1-18(24)28-17-19(15-16-30(25,26)27)22(23(2,3)4)29-31(20-11-7-5-8-12-20)21-13-9-6-10-14-21/h5-16,19,22,31H,17H2,1-4H3,(H2,25,26,27). The van der Waals surface area contributed by atoms with Crippen molar-refractivity contribution in [2.45, 2.75) is 33.8 Å². The zero-order chi connectivity index (χ0) is 23.1. The molecule has 0 heterocycles. The van der Waals surface area contributed by atoms with E-state index in [0.717, 1.165) is 16.2 Å². The Morgan fingerprint density at radius 2 is 1.52 bits per heavy atom. The van der Waals surface area contributed by atoms with Crippen molar-refractivity contribution in [2.75, 3.05) is 6.61 Å². The van der Waals surface area contributed by atoms with Gasteiger partial charge in [-0.2, -0.15) is 0 Å². The van der Waals surface area contributed by atoms with Crippen LogP contribution in [0.4, 0.5) is 0 Å². The lowest BCUT2D eigenvalue weighted by Crippen LogP contribution is -2.52. The van der Waals surface area contributed by atoms with Crippen LogP contribution in [0, 0.1) is 11.3 Å². The molecule has 31 heavy (non-hydrogen) atoms. The lowest BCUT2D eigenvalue weighted by Gasteiger charge is -2.38. The van der Waals surface area contributed by atoms with Gasteiger partial charge in [0.25, 0.3) is 0 Å². The quantitative estimate of drug-likeness (QED) is 0.338. The molecule has 2 atom stereocenters. The van der Waals surface area contributed by atoms with Gasteiger partial charge in [0, 0.05) is 18.7 Å². The normalized spacial score (nSPS) is 14.5. The SMILES string of the molecule is CC(=O)OCC(C=CP(=O)(O)O)C(O[SiH](c1ccccc1)c1ccccc1)C(C)(C)C. The predicted octanol–water partition coefficient (Wildman–Crippen LogP) is 2.83. The highest BCUT2D eigenvalue weighted by Crippen LogP contribution is 2.38. The van der Waals surface area contributed by atoms with Gasteiger partial charge in [-0.05, 0) is 15.8 Å². The molecule has 0 aliphatic carbocycles. The van der Waals surface area contributed by atoms with E-state index in [4.69, 9.17) is 9.16 Å². The van der Waals surface area contributed by atoms with Crippen LogP contribution < -0.4 is 10.4 Å². The van der Waals surface area contributed by atoms with E-state index in [1.165, 1.54) is 13.0 Å². The van der Waals surface area contributed by atoms with Crippen LogP contribution in [0.1, 0.15) is 27.7 Å². The van der Waals surface area contributed by atoms with Crippen molar-refractivity contribution < 1.29 is 28.3 Å². The summed E-state index contributed by atoms with van der Waals surface area (Å²) in [7, 11) is -6.52. The third kappa shape index (κ3) is 8.55. The van der Waals surface area contributed by atoms with Crippen molar-refractivity contribution in [3.05, 3.63) is 72.6 Å². The molecule has 168 valence electrons. The molecule has 8 heteroatoms. The fourth-order valence-corrected chi connectivity index (χ4v) is 6.57. The fraction of sp³-hybridized carbons (Fsp3) is 0.348. The molecule has 0 fully saturated rings. The summed E-state index contributed by atoms with van der Waals surface area (Å²) in [5.41, 5.74) is -0.390. The van der Waals surface area contributed by atoms with Gasteiger partial charge in [0.1, 0.15) is 0 Å². The van der Waals surface area contributed by atoms with Crippen molar-refractivity contribution >= 4 is 33.0 Å². The smallest absolute Gasteiger partial charge is 0.348 e. The molecule has 0 spiro atoms. The maximum atomic E-state index is 11.5. The maximum absolute atomic E-state index is 11.5. The van der Waals surface area contributed by atoms with Crippen LogP contribution in [0.5, 0.6) is 0 Å². The third-order valence-electron chi connectivity index (χ3n) is 4.74. The van der Waals surface area contributed by atoms with E-state index in [-0.39, 0.29) is 6.61 Å². The Labute approximate surface area is 185 Å². The summed E-state index contributed by atoms with van der Waals surface area (Å²) in [5.74, 6) is -0.119. The summed E-state index contributed by atoms with van der Waals surface area (Å²) in [4.78, 5) is 30.2. The molecule has 0 aromatic heterocycles. The Morgan fingerprint density at radius 1 is 1.03 bits per heavy atom. The number of hydrogen-bond donors (Lipinski definition) is 2. The maximum Gasteiger partial charge on any atom is 0.348 e. The molecule has 2 N–H and O–H groups in total. The summed E-state index contributed by atoms with van der Waals surface area (Å²) < 4.78 is 23.5. The molecule has 0 radical (unpaired) electrons. The second-order valence-electron chi connectivity index (χ2n) is 8.52. The first-order valence-corrected chi connectivity index (χ1v) is 13.4. The summed E-state index contributed by atoms with van der Waals surface area (Å²) in [6, 6.07) is 19.9. The number of carbonyl (C=O) groups excluding carboxylic acids is 1. The fourth-order valence-electron chi connectivity index (χ4n) is 3.38. The molecule has 2 aromatic rings. The first kappa shape index (κ1) is 25.2. The van der Waals surface area contributed by atoms with Gasteiger partial charge in [0.2, 0.25) is 9.04 Å². The van der Waals surface area contributed by atoms with Crippen LogP contribution in [-0.2, 0) is 18.5 Å². The van der Waals surface area contributed by atoms with E-state index in [0.29, 0.717) is 0 Å². The van der Waals surface area contributed by atoms with E-state index in [9.17, 15) is 19.1 Å². The van der Waals surface area contributed by atoms with Crippen LogP contribution in [-0.4, -0.2) is 37.5 Å². The Bertz CT molecular complexity index is 865. The lowest BCUT2D eigenvalue weighted by atomic mass is 9.81. The summed E-state index contributed by atoms with van der Waals surface area (Å²) >= 11 is 0. The first-order chi connectivity index (χ1) is 14.5. The highest BCUT2D eigenvalue weighted by atomic mass is 31.2. The molecule has 2 aromatic carbocycles. The minimum absolute atomic E-state index is 0.0293. The lowest BCUT2D eigenvalue weighted by molar-refractivity contribution is -0.143. The summed E-state index contributed by atoms with van der Waals surface area (Å²) in [6.07, 6.45) is 0.966. The van der Waals surface area contributed by atoms with Gasteiger partial charge in [0.05, 0.1) is 12.7 Å². The van der Waals surface area contributed by atoms with Gasteiger partial charge >= 0.3 is 13.6 Å². The molecule has 0 aliphatic rings. The zero-order valence-electron chi connectivity index (χ0n) is 18.3. The number of rotatable bonds is 9. The van der Waals surface area contributed by atoms with Crippen LogP contribution in [0.25, 0.3) is 0 Å². The molecule has 2 rings (SSSR count). The van der Waals surface area contributed by atoms with Gasteiger partial charge in [-0.3, -0.25) is 9.36 Å². The highest BCUT2D eigenvalue weighted by Gasteiger charge is 2.36.